The van der Waals surface area contributed by atoms with Gasteiger partial charge in [-0.25, -0.2) is 23.1 Å². The number of hydrogen-bond acceptors (Lipinski definition) is 2. The zero-order valence-corrected chi connectivity index (χ0v) is 16.5. The molecule has 1 aromatic heterocycles. The molecule has 0 amide bonds. The van der Waals surface area contributed by atoms with Crippen LogP contribution in [0.15, 0.2) is 42.7 Å². The van der Waals surface area contributed by atoms with Crippen LogP contribution in [0.1, 0.15) is 42.9 Å². The van der Waals surface area contributed by atoms with Crippen molar-refractivity contribution in [1.29, 1.82) is 0 Å². The van der Waals surface area contributed by atoms with Gasteiger partial charge in [0.25, 0.3) is 0 Å². The van der Waals surface area contributed by atoms with E-state index in [1.807, 2.05) is 0 Å². The molecule has 29 heavy (non-hydrogen) atoms. The molecular formula is C23H18ClF3N2. The van der Waals surface area contributed by atoms with Crippen LogP contribution in [0.4, 0.5) is 13.2 Å². The van der Waals surface area contributed by atoms with E-state index in [1.165, 1.54) is 12.1 Å². The van der Waals surface area contributed by atoms with E-state index in [4.69, 9.17) is 11.6 Å². The van der Waals surface area contributed by atoms with E-state index >= 15 is 0 Å². The fourth-order valence-electron chi connectivity index (χ4n) is 2.74. The SMILES string of the molecule is CCCCCc1cnc(-c2cc(F)c(C#Cc3ccc(Cl)c(F)c3)c(F)c2)nc1. The van der Waals surface area contributed by atoms with E-state index in [1.54, 1.807) is 12.4 Å². The molecular weight excluding hydrogens is 397 g/mol. The maximum Gasteiger partial charge on any atom is 0.159 e. The number of nitrogens with zero attached hydrogens (tertiary/aromatic N) is 2. The van der Waals surface area contributed by atoms with Crippen LogP contribution >= 0.6 is 11.6 Å². The van der Waals surface area contributed by atoms with Crippen molar-refractivity contribution >= 4 is 11.6 Å². The molecule has 1 heterocycles. The van der Waals surface area contributed by atoms with Gasteiger partial charge in [0.2, 0.25) is 0 Å². The van der Waals surface area contributed by atoms with Gasteiger partial charge in [0.1, 0.15) is 17.5 Å². The summed E-state index contributed by atoms with van der Waals surface area (Å²) < 4.78 is 42.3. The Balaban J connectivity index is 1.82. The van der Waals surface area contributed by atoms with Gasteiger partial charge < -0.3 is 0 Å². The van der Waals surface area contributed by atoms with Crippen LogP contribution < -0.4 is 0 Å². The lowest BCUT2D eigenvalue weighted by molar-refractivity contribution is 0.578. The summed E-state index contributed by atoms with van der Waals surface area (Å²) >= 11 is 5.61. The van der Waals surface area contributed by atoms with E-state index in [-0.39, 0.29) is 22.0 Å². The molecule has 0 atom stereocenters. The van der Waals surface area contributed by atoms with Crippen LogP contribution in [0.5, 0.6) is 0 Å². The molecule has 0 bridgehead atoms. The molecule has 0 N–H and O–H groups in total. The summed E-state index contributed by atoms with van der Waals surface area (Å²) in [5.74, 6) is 2.87. The lowest BCUT2D eigenvalue weighted by Crippen LogP contribution is -1.97. The van der Waals surface area contributed by atoms with Crippen molar-refractivity contribution < 1.29 is 13.2 Å². The number of unbranched alkanes of at least 4 members (excludes halogenated alkanes) is 2. The molecule has 0 aliphatic carbocycles. The Morgan fingerprint density at radius 1 is 0.897 bits per heavy atom. The first-order valence-corrected chi connectivity index (χ1v) is 9.63. The zero-order chi connectivity index (χ0) is 20.8. The van der Waals surface area contributed by atoms with Crippen molar-refractivity contribution in [3.8, 4) is 23.2 Å². The maximum absolute atomic E-state index is 14.4. The van der Waals surface area contributed by atoms with Gasteiger partial charge in [0, 0.05) is 23.5 Å². The number of rotatable bonds is 5. The molecule has 148 valence electrons. The van der Waals surface area contributed by atoms with Crippen LogP contribution in [-0.4, -0.2) is 9.97 Å². The highest BCUT2D eigenvalue weighted by Crippen LogP contribution is 2.22. The minimum Gasteiger partial charge on any atom is -0.236 e. The van der Waals surface area contributed by atoms with Crippen molar-refractivity contribution in [2.75, 3.05) is 0 Å². The number of aryl methyl sites for hydroxylation is 1. The smallest absolute Gasteiger partial charge is 0.159 e. The zero-order valence-electron chi connectivity index (χ0n) is 15.8. The minimum atomic E-state index is -0.836. The van der Waals surface area contributed by atoms with Crippen molar-refractivity contribution in [3.63, 3.8) is 0 Å². The average Bonchev–Trinajstić information content (AvgIpc) is 2.70. The highest BCUT2D eigenvalue weighted by Gasteiger charge is 2.12. The summed E-state index contributed by atoms with van der Waals surface area (Å²) in [5.41, 5.74) is 1.07. The topological polar surface area (TPSA) is 25.8 Å². The van der Waals surface area contributed by atoms with E-state index in [0.29, 0.717) is 0 Å². The van der Waals surface area contributed by atoms with Crippen LogP contribution in [0.3, 0.4) is 0 Å². The summed E-state index contributed by atoms with van der Waals surface area (Å²) in [6.45, 7) is 2.13. The molecule has 0 radical (unpaired) electrons. The van der Waals surface area contributed by atoms with Gasteiger partial charge in [-0.2, -0.15) is 0 Å². The number of benzene rings is 2. The summed E-state index contributed by atoms with van der Waals surface area (Å²) in [6.07, 6.45) is 7.53. The summed E-state index contributed by atoms with van der Waals surface area (Å²) in [4.78, 5) is 8.43. The summed E-state index contributed by atoms with van der Waals surface area (Å²) in [6, 6.07) is 6.19. The van der Waals surface area contributed by atoms with Crippen LogP contribution in [0, 0.1) is 29.3 Å². The van der Waals surface area contributed by atoms with Crippen LogP contribution in [0.25, 0.3) is 11.4 Å². The third-order valence-corrected chi connectivity index (χ3v) is 4.63. The quantitative estimate of drug-likeness (QED) is 0.359. The van der Waals surface area contributed by atoms with Crippen molar-refractivity contribution in [1.82, 2.24) is 9.97 Å². The number of aromatic nitrogens is 2. The Labute approximate surface area is 172 Å². The Bertz CT molecular complexity index is 1050. The standard InChI is InChI=1S/C23H18ClF3N2/c1-2-3-4-5-16-13-28-23(29-14-16)17-11-20(25)18(21(26)12-17)8-6-15-7-9-19(24)22(27)10-15/h7,9-14H,2-5H2,1H3. The second kappa shape index (κ2) is 9.58. The fourth-order valence-corrected chi connectivity index (χ4v) is 2.86. The summed E-state index contributed by atoms with van der Waals surface area (Å²) in [5, 5.41) is -0.0475. The molecule has 2 nitrogen and oxygen atoms in total. The first-order chi connectivity index (χ1) is 14.0. The molecule has 0 aliphatic heterocycles. The molecule has 0 spiro atoms. The maximum atomic E-state index is 14.4. The summed E-state index contributed by atoms with van der Waals surface area (Å²) in [7, 11) is 0. The van der Waals surface area contributed by atoms with E-state index in [2.05, 4.69) is 28.7 Å². The second-order valence-corrected chi connectivity index (χ2v) is 6.97. The molecule has 0 saturated heterocycles. The van der Waals surface area contributed by atoms with E-state index < -0.39 is 23.0 Å². The van der Waals surface area contributed by atoms with Gasteiger partial charge in [0.15, 0.2) is 5.82 Å². The van der Waals surface area contributed by atoms with Crippen molar-refractivity contribution in [3.05, 3.63) is 81.9 Å². The first kappa shape index (κ1) is 20.9. The van der Waals surface area contributed by atoms with E-state index in [0.717, 1.165) is 49.4 Å². The van der Waals surface area contributed by atoms with Gasteiger partial charge in [-0.1, -0.05) is 43.2 Å². The van der Waals surface area contributed by atoms with Crippen LogP contribution in [-0.2, 0) is 6.42 Å². The van der Waals surface area contributed by atoms with Gasteiger partial charge in [-0.15, -0.1) is 0 Å². The van der Waals surface area contributed by atoms with Gasteiger partial charge >= 0.3 is 0 Å². The number of hydrogen-bond donors (Lipinski definition) is 0. The predicted molar refractivity (Wildman–Crippen MR) is 108 cm³/mol. The largest absolute Gasteiger partial charge is 0.236 e. The molecule has 6 heteroatoms. The third kappa shape index (κ3) is 5.36. The van der Waals surface area contributed by atoms with Gasteiger partial charge in [0.05, 0.1) is 10.6 Å². The third-order valence-electron chi connectivity index (χ3n) is 4.33. The molecule has 0 fully saturated rings. The monoisotopic (exact) mass is 414 g/mol. The molecule has 0 saturated carbocycles. The lowest BCUT2D eigenvalue weighted by Gasteiger charge is -2.05. The predicted octanol–water partition coefficient (Wildman–Crippen LogP) is 6.35. The molecule has 3 aromatic rings. The Kier molecular flexibility index (Phi) is 6.90. The van der Waals surface area contributed by atoms with Crippen molar-refractivity contribution in [2.45, 2.75) is 32.6 Å². The lowest BCUT2D eigenvalue weighted by atomic mass is 10.1. The van der Waals surface area contributed by atoms with Gasteiger partial charge in [-0.05, 0) is 48.7 Å². The number of halogens is 4. The van der Waals surface area contributed by atoms with E-state index in [9.17, 15) is 13.2 Å². The molecule has 2 aromatic carbocycles. The Hall–Kier alpha value is -2.84. The highest BCUT2D eigenvalue weighted by atomic mass is 35.5. The molecule has 0 unspecified atom stereocenters. The normalized spacial score (nSPS) is 10.5. The minimum absolute atomic E-state index is 0.0475. The van der Waals surface area contributed by atoms with Gasteiger partial charge in [-0.3, -0.25) is 0 Å². The Morgan fingerprint density at radius 2 is 1.59 bits per heavy atom. The Morgan fingerprint density at radius 3 is 2.21 bits per heavy atom. The highest BCUT2D eigenvalue weighted by molar-refractivity contribution is 6.30. The molecule has 0 aliphatic rings. The second-order valence-electron chi connectivity index (χ2n) is 6.57. The fraction of sp³-hybridized carbons (Fsp3) is 0.217. The van der Waals surface area contributed by atoms with Crippen LogP contribution in [0.2, 0.25) is 5.02 Å². The van der Waals surface area contributed by atoms with Crippen molar-refractivity contribution in [2.24, 2.45) is 0 Å². The average molecular weight is 415 g/mol. The first-order valence-electron chi connectivity index (χ1n) is 9.25. The molecule has 3 rings (SSSR count).